The van der Waals surface area contributed by atoms with E-state index in [4.69, 9.17) is 5.73 Å². The van der Waals surface area contributed by atoms with Gasteiger partial charge in [0.25, 0.3) is 0 Å². The SMILES string of the molecule is Cc1ccc(C2(CN)CCN(C)CC2)cc1. The highest BCUT2D eigenvalue weighted by Gasteiger charge is 2.33. The van der Waals surface area contributed by atoms with Gasteiger partial charge < -0.3 is 10.6 Å². The lowest BCUT2D eigenvalue weighted by Crippen LogP contribution is -2.45. The Balaban J connectivity index is 2.24. The van der Waals surface area contributed by atoms with Gasteiger partial charge in [0, 0.05) is 12.0 Å². The molecule has 0 amide bonds. The van der Waals surface area contributed by atoms with E-state index in [-0.39, 0.29) is 5.41 Å². The molecule has 0 bridgehead atoms. The molecule has 0 unspecified atom stereocenters. The fourth-order valence-corrected chi connectivity index (χ4v) is 2.56. The van der Waals surface area contributed by atoms with Gasteiger partial charge in [0.15, 0.2) is 0 Å². The van der Waals surface area contributed by atoms with Gasteiger partial charge >= 0.3 is 0 Å². The number of hydrogen-bond donors (Lipinski definition) is 1. The fourth-order valence-electron chi connectivity index (χ4n) is 2.56. The van der Waals surface area contributed by atoms with Crippen LogP contribution in [0.5, 0.6) is 0 Å². The summed E-state index contributed by atoms with van der Waals surface area (Å²) in [6, 6.07) is 8.91. The molecule has 0 aromatic heterocycles. The molecule has 0 radical (unpaired) electrons. The van der Waals surface area contributed by atoms with Crippen LogP contribution < -0.4 is 5.73 Å². The first-order valence-corrected chi connectivity index (χ1v) is 6.12. The van der Waals surface area contributed by atoms with E-state index in [1.165, 1.54) is 24.0 Å². The topological polar surface area (TPSA) is 29.3 Å². The summed E-state index contributed by atoms with van der Waals surface area (Å²) in [5.74, 6) is 0. The molecule has 2 rings (SSSR count). The van der Waals surface area contributed by atoms with Crippen molar-refractivity contribution < 1.29 is 0 Å². The molecule has 1 aromatic rings. The molecule has 88 valence electrons. The van der Waals surface area contributed by atoms with Crippen molar-refractivity contribution in [3.8, 4) is 0 Å². The van der Waals surface area contributed by atoms with E-state index in [0.717, 1.165) is 19.6 Å². The van der Waals surface area contributed by atoms with Gasteiger partial charge in [-0.2, -0.15) is 0 Å². The molecule has 1 heterocycles. The summed E-state index contributed by atoms with van der Waals surface area (Å²) < 4.78 is 0. The van der Waals surface area contributed by atoms with Crippen molar-refractivity contribution in [3.05, 3.63) is 35.4 Å². The minimum Gasteiger partial charge on any atom is -0.330 e. The first kappa shape index (κ1) is 11.6. The summed E-state index contributed by atoms with van der Waals surface area (Å²) in [6.45, 7) is 5.22. The van der Waals surface area contributed by atoms with Crippen LogP contribution in [0.4, 0.5) is 0 Å². The van der Waals surface area contributed by atoms with E-state index in [1.54, 1.807) is 0 Å². The lowest BCUT2D eigenvalue weighted by molar-refractivity contribution is 0.191. The van der Waals surface area contributed by atoms with Crippen LogP contribution in [0.25, 0.3) is 0 Å². The Morgan fingerprint density at radius 3 is 2.25 bits per heavy atom. The summed E-state index contributed by atoms with van der Waals surface area (Å²) >= 11 is 0. The van der Waals surface area contributed by atoms with Gasteiger partial charge in [0.05, 0.1) is 0 Å². The molecule has 2 heteroatoms. The standard InChI is InChI=1S/C14H22N2/c1-12-3-5-13(6-4-12)14(11-15)7-9-16(2)10-8-14/h3-6H,7-11,15H2,1-2H3. The van der Waals surface area contributed by atoms with Crippen molar-refractivity contribution in [1.29, 1.82) is 0 Å². The van der Waals surface area contributed by atoms with Crippen molar-refractivity contribution in [2.24, 2.45) is 5.73 Å². The molecular formula is C14H22N2. The molecule has 0 aliphatic carbocycles. The Kier molecular flexibility index (Phi) is 3.31. The van der Waals surface area contributed by atoms with Crippen molar-refractivity contribution in [1.82, 2.24) is 4.90 Å². The van der Waals surface area contributed by atoms with Crippen LogP contribution in [0.3, 0.4) is 0 Å². The quantitative estimate of drug-likeness (QED) is 0.821. The van der Waals surface area contributed by atoms with Gasteiger partial charge in [-0.05, 0) is 45.5 Å². The van der Waals surface area contributed by atoms with Crippen LogP contribution >= 0.6 is 0 Å². The van der Waals surface area contributed by atoms with E-state index >= 15 is 0 Å². The first-order chi connectivity index (χ1) is 7.66. The summed E-state index contributed by atoms with van der Waals surface area (Å²) in [7, 11) is 2.19. The molecule has 2 N–H and O–H groups in total. The lowest BCUT2D eigenvalue weighted by Gasteiger charge is -2.40. The van der Waals surface area contributed by atoms with E-state index in [9.17, 15) is 0 Å². The van der Waals surface area contributed by atoms with Crippen LogP contribution in [0.2, 0.25) is 0 Å². The Labute approximate surface area is 98.4 Å². The van der Waals surface area contributed by atoms with E-state index < -0.39 is 0 Å². The summed E-state index contributed by atoms with van der Waals surface area (Å²) in [5.41, 5.74) is 9.01. The summed E-state index contributed by atoms with van der Waals surface area (Å²) in [4.78, 5) is 2.39. The molecule has 1 aliphatic rings. The Morgan fingerprint density at radius 1 is 1.19 bits per heavy atom. The monoisotopic (exact) mass is 218 g/mol. The Hall–Kier alpha value is -0.860. The zero-order valence-electron chi connectivity index (χ0n) is 10.4. The molecule has 0 saturated carbocycles. The Bertz CT molecular complexity index is 334. The summed E-state index contributed by atoms with van der Waals surface area (Å²) in [6.07, 6.45) is 2.37. The second-order valence-corrected chi connectivity index (χ2v) is 5.15. The van der Waals surface area contributed by atoms with Crippen LogP contribution in [-0.4, -0.2) is 31.6 Å². The fraction of sp³-hybridized carbons (Fsp3) is 0.571. The smallest absolute Gasteiger partial charge is 0.00998 e. The van der Waals surface area contributed by atoms with Gasteiger partial charge in [-0.3, -0.25) is 0 Å². The maximum atomic E-state index is 6.04. The number of nitrogens with zero attached hydrogens (tertiary/aromatic N) is 1. The summed E-state index contributed by atoms with van der Waals surface area (Å²) in [5, 5.41) is 0. The van der Waals surface area contributed by atoms with Gasteiger partial charge in [-0.25, -0.2) is 0 Å². The molecule has 1 saturated heterocycles. The zero-order chi connectivity index (χ0) is 11.6. The predicted octanol–water partition coefficient (Wildman–Crippen LogP) is 1.92. The van der Waals surface area contributed by atoms with Crippen LogP contribution in [0.15, 0.2) is 24.3 Å². The molecule has 1 fully saturated rings. The minimum absolute atomic E-state index is 0.222. The van der Waals surface area contributed by atoms with E-state index in [0.29, 0.717) is 0 Å². The van der Waals surface area contributed by atoms with E-state index in [2.05, 4.69) is 43.1 Å². The Morgan fingerprint density at radius 2 is 1.75 bits per heavy atom. The van der Waals surface area contributed by atoms with Crippen molar-refractivity contribution >= 4 is 0 Å². The maximum absolute atomic E-state index is 6.04. The number of rotatable bonds is 2. The van der Waals surface area contributed by atoms with E-state index in [1.807, 2.05) is 0 Å². The maximum Gasteiger partial charge on any atom is 0.00998 e. The molecule has 0 spiro atoms. The van der Waals surface area contributed by atoms with Gasteiger partial charge in [-0.15, -0.1) is 0 Å². The largest absolute Gasteiger partial charge is 0.330 e. The highest BCUT2D eigenvalue weighted by Crippen LogP contribution is 2.34. The van der Waals surface area contributed by atoms with Crippen LogP contribution in [0.1, 0.15) is 24.0 Å². The second kappa shape index (κ2) is 4.56. The third-order valence-electron chi connectivity index (χ3n) is 4.00. The van der Waals surface area contributed by atoms with Crippen molar-refractivity contribution in [2.75, 3.05) is 26.7 Å². The average molecular weight is 218 g/mol. The predicted molar refractivity (Wildman–Crippen MR) is 68.6 cm³/mol. The average Bonchev–Trinajstić information content (AvgIpc) is 2.32. The number of hydrogen-bond acceptors (Lipinski definition) is 2. The lowest BCUT2D eigenvalue weighted by atomic mass is 9.73. The van der Waals surface area contributed by atoms with Gasteiger partial charge in [0.1, 0.15) is 0 Å². The van der Waals surface area contributed by atoms with Crippen LogP contribution in [-0.2, 0) is 5.41 Å². The first-order valence-electron chi connectivity index (χ1n) is 6.12. The number of aryl methyl sites for hydroxylation is 1. The number of benzene rings is 1. The molecule has 0 atom stereocenters. The number of nitrogens with two attached hydrogens (primary N) is 1. The van der Waals surface area contributed by atoms with Crippen molar-refractivity contribution in [2.45, 2.75) is 25.2 Å². The van der Waals surface area contributed by atoms with Gasteiger partial charge in [0.2, 0.25) is 0 Å². The number of piperidine rings is 1. The third-order valence-corrected chi connectivity index (χ3v) is 4.00. The highest BCUT2D eigenvalue weighted by molar-refractivity contribution is 5.30. The minimum atomic E-state index is 0.222. The molecule has 16 heavy (non-hydrogen) atoms. The van der Waals surface area contributed by atoms with Crippen LogP contribution in [0, 0.1) is 6.92 Å². The second-order valence-electron chi connectivity index (χ2n) is 5.15. The zero-order valence-corrected chi connectivity index (χ0v) is 10.4. The molecule has 1 aromatic carbocycles. The normalized spacial score (nSPS) is 20.9. The third kappa shape index (κ3) is 2.13. The van der Waals surface area contributed by atoms with Gasteiger partial charge in [-0.1, -0.05) is 29.8 Å². The van der Waals surface area contributed by atoms with Crippen molar-refractivity contribution in [3.63, 3.8) is 0 Å². The molecule has 1 aliphatic heterocycles. The highest BCUT2D eigenvalue weighted by atomic mass is 15.1. The molecular weight excluding hydrogens is 196 g/mol. The molecule has 2 nitrogen and oxygen atoms in total. The number of likely N-dealkylation sites (tertiary alicyclic amines) is 1.